The van der Waals surface area contributed by atoms with E-state index >= 15 is 0 Å². The number of hydrogen-bond acceptors (Lipinski definition) is 3. The Bertz CT molecular complexity index is 624. The topological polar surface area (TPSA) is 26.3 Å². The Labute approximate surface area is 123 Å². The molecule has 1 aliphatic rings. The number of thioether (sulfide) groups is 1. The van der Waals surface area contributed by atoms with Gasteiger partial charge in [-0.3, -0.25) is 0 Å². The number of rotatable bonds is 3. The van der Waals surface area contributed by atoms with Gasteiger partial charge in [0, 0.05) is 11.3 Å². The van der Waals surface area contributed by atoms with Gasteiger partial charge >= 0.3 is 5.97 Å². The molecule has 0 amide bonds. The molecular formula is C17H16O2S. The number of ether oxygens (including phenoxy) is 1. The van der Waals surface area contributed by atoms with E-state index < -0.39 is 4.93 Å². The third kappa shape index (κ3) is 2.73. The molecule has 2 nitrogen and oxygen atoms in total. The molecule has 1 unspecified atom stereocenters. The van der Waals surface area contributed by atoms with Gasteiger partial charge in [-0.1, -0.05) is 54.2 Å². The maximum absolute atomic E-state index is 12.1. The van der Waals surface area contributed by atoms with Gasteiger partial charge in [0.15, 0.2) is 4.93 Å². The van der Waals surface area contributed by atoms with E-state index in [-0.39, 0.29) is 5.97 Å². The van der Waals surface area contributed by atoms with Crippen LogP contribution < -0.4 is 0 Å². The van der Waals surface area contributed by atoms with Crippen molar-refractivity contribution in [3.8, 4) is 0 Å². The van der Waals surface area contributed by atoms with Crippen LogP contribution in [0.5, 0.6) is 0 Å². The Hall–Kier alpha value is -1.74. The fourth-order valence-corrected chi connectivity index (χ4v) is 3.54. The minimum atomic E-state index is -0.485. The van der Waals surface area contributed by atoms with Crippen molar-refractivity contribution in [1.29, 1.82) is 0 Å². The Morgan fingerprint density at radius 2 is 1.75 bits per heavy atom. The predicted octanol–water partition coefficient (Wildman–Crippen LogP) is 4.30. The van der Waals surface area contributed by atoms with Crippen molar-refractivity contribution in [3.63, 3.8) is 0 Å². The summed E-state index contributed by atoms with van der Waals surface area (Å²) in [5.41, 5.74) is 1.94. The highest BCUT2D eigenvalue weighted by Crippen LogP contribution is 2.43. The van der Waals surface area contributed by atoms with Crippen LogP contribution in [0.3, 0.4) is 0 Å². The van der Waals surface area contributed by atoms with Gasteiger partial charge in [-0.25, -0.2) is 4.79 Å². The van der Waals surface area contributed by atoms with Crippen molar-refractivity contribution >= 4 is 17.7 Å². The highest BCUT2D eigenvalue weighted by molar-refractivity contribution is 8.00. The van der Waals surface area contributed by atoms with Crippen molar-refractivity contribution in [2.75, 3.05) is 0 Å². The molecule has 0 N–H and O–H groups in total. The van der Waals surface area contributed by atoms with E-state index in [1.807, 2.05) is 49.4 Å². The molecule has 0 spiro atoms. The molecule has 3 heteroatoms. The second kappa shape index (κ2) is 5.33. The molecule has 0 fully saturated rings. The zero-order chi connectivity index (χ0) is 14.0. The summed E-state index contributed by atoms with van der Waals surface area (Å²) in [6.07, 6.45) is 1.71. The van der Waals surface area contributed by atoms with E-state index in [4.69, 9.17) is 4.74 Å². The lowest BCUT2D eigenvalue weighted by Gasteiger charge is -2.33. The molecule has 20 heavy (non-hydrogen) atoms. The quantitative estimate of drug-likeness (QED) is 0.786. The van der Waals surface area contributed by atoms with Crippen LogP contribution in [0, 0.1) is 0 Å². The van der Waals surface area contributed by atoms with Crippen molar-refractivity contribution in [2.24, 2.45) is 0 Å². The van der Waals surface area contributed by atoms with Crippen LogP contribution in [-0.2, 0) is 11.2 Å². The van der Waals surface area contributed by atoms with E-state index in [9.17, 15) is 4.79 Å². The summed E-state index contributed by atoms with van der Waals surface area (Å²) in [6.45, 7) is 1.99. The molecule has 1 heterocycles. The maximum Gasteiger partial charge on any atom is 0.340 e. The average molecular weight is 284 g/mol. The Morgan fingerprint density at radius 1 is 1.05 bits per heavy atom. The number of carbonyl (C=O) groups is 1. The highest BCUT2D eigenvalue weighted by Gasteiger charge is 2.36. The molecule has 2 aromatic rings. The van der Waals surface area contributed by atoms with Crippen LogP contribution in [-0.4, -0.2) is 10.9 Å². The van der Waals surface area contributed by atoms with Gasteiger partial charge in [-0.15, -0.1) is 0 Å². The molecule has 0 aliphatic carbocycles. The SMILES string of the molecule is CC1(CCc2ccccc2)OC(=O)c2ccccc2S1. The zero-order valence-corrected chi connectivity index (χ0v) is 12.2. The maximum atomic E-state index is 12.1. The standard InChI is InChI=1S/C17H16O2S/c1-17(12-11-13-7-3-2-4-8-13)19-16(18)14-9-5-6-10-15(14)20-17/h2-10H,11-12H2,1H3. The van der Waals surface area contributed by atoms with Gasteiger partial charge in [0.2, 0.25) is 0 Å². The largest absolute Gasteiger partial charge is 0.444 e. The summed E-state index contributed by atoms with van der Waals surface area (Å²) in [5, 5.41) is 0. The second-order valence-corrected chi connectivity index (χ2v) is 6.61. The fourth-order valence-electron chi connectivity index (χ4n) is 2.35. The number of benzene rings is 2. The number of hydrogen-bond donors (Lipinski definition) is 0. The first-order valence-corrected chi connectivity index (χ1v) is 7.53. The number of esters is 1. The van der Waals surface area contributed by atoms with Gasteiger partial charge in [-0.2, -0.15) is 0 Å². The highest BCUT2D eigenvalue weighted by atomic mass is 32.2. The number of cyclic esters (lactones) is 1. The molecule has 0 bridgehead atoms. The second-order valence-electron chi connectivity index (χ2n) is 5.11. The van der Waals surface area contributed by atoms with E-state index in [1.165, 1.54) is 5.56 Å². The van der Waals surface area contributed by atoms with Crippen LogP contribution in [0.15, 0.2) is 59.5 Å². The lowest BCUT2D eigenvalue weighted by atomic mass is 10.1. The van der Waals surface area contributed by atoms with Crippen LogP contribution in [0.4, 0.5) is 0 Å². The molecule has 1 aliphatic heterocycles. The lowest BCUT2D eigenvalue weighted by molar-refractivity contribution is 0.0205. The van der Waals surface area contributed by atoms with Gasteiger partial charge in [0.05, 0.1) is 5.56 Å². The first-order chi connectivity index (χ1) is 9.66. The monoisotopic (exact) mass is 284 g/mol. The van der Waals surface area contributed by atoms with Gasteiger partial charge in [-0.05, 0) is 31.0 Å². The van der Waals surface area contributed by atoms with E-state index in [1.54, 1.807) is 11.8 Å². The average Bonchev–Trinajstić information content (AvgIpc) is 2.46. The molecule has 0 saturated heterocycles. The third-order valence-electron chi connectivity index (χ3n) is 3.45. The molecule has 0 aromatic heterocycles. The summed E-state index contributed by atoms with van der Waals surface area (Å²) in [6, 6.07) is 17.9. The summed E-state index contributed by atoms with van der Waals surface area (Å²) < 4.78 is 5.65. The minimum Gasteiger partial charge on any atom is -0.444 e. The zero-order valence-electron chi connectivity index (χ0n) is 11.3. The van der Waals surface area contributed by atoms with Crippen LogP contribution in [0.1, 0.15) is 29.3 Å². The molecule has 102 valence electrons. The molecular weight excluding hydrogens is 268 g/mol. The van der Waals surface area contributed by atoms with Crippen molar-refractivity contribution < 1.29 is 9.53 Å². The van der Waals surface area contributed by atoms with Crippen molar-refractivity contribution in [2.45, 2.75) is 29.6 Å². The predicted molar refractivity (Wildman–Crippen MR) is 80.9 cm³/mol. The van der Waals surface area contributed by atoms with Gasteiger partial charge < -0.3 is 4.74 Å². The third-order valence-corrected chi connectivity index (χ3v) is 4.75. The van der Waals surface area contributed by atoms with Crippen LogP contribution >= 0.6 is 11.8 Å². The molecule has 0 saturated carbocycles. The molecule has 1 atom stereocenters. The lowest BCUT2D eigenvalue weighted by Crippen LogP contribution is -2.32. The Kier molecular flexibility index (Phi) is 3.53. The minimum absolute atomic E-state index is 0.213. The number of fused-ring (bicyclic) bond motifs is 1. The van der Waals surface area contributed by atoms with Gasteiger partial charge in [0.25, 0.3) is 0 Å². The summed E-state index contributed by atoms with van der Waals surface area (Å²) >= 11 is 1.64. The summed E-state index contributed by atoms with van der Waals surface area (Å²) in [7, 11) is 0. The normalized spacial score (nSPS) is 21.1. The van der Waals surface area contributed by atoms with Crippen LogP contribution in [0.2, 0.25) is 0 Å². The Morgan fingerprint density at radius 3 is 2.55 bits per heavy atom. The number of aryl methyl sites for hydroxylation is 1. The first-order valence-electron chi connectivity index (χ1n) is 6.72. The van der Waals surface area contributed by atoms with Gasteiger partial charge in [0.1, 0.15) is 0 Å². The van der Waals surface area contributed by atoms with E-state index in [2.05, 4.69) is 12.1 Å². The molecule has 3 rings (SSSR count). The summed E-state index contributed by atoms with van der Waals surface area (Å²) in [5.74, 6) is -0.213. The van der Waals surface area contributed by atoms with E-state index in [0.717, 1.165) is 17.7 Å². The summed E-state index contributed by atoms with van der Waals surface area (Å²) in [4.78, 5) is 12.6. The van der Waals surface area contributed by atoms with Crippen molar-refractivity contribution in [3.05, 3.63) is 65.7 Å². The van der Waals surface area contributed by atoms with Crippen LogP contribution in [0.25, 0.3) is 0 Å². The molecule has 2 aromatic carbocycles. The first kappa shape index (κ1) is 13.3. The fraction of sp³-hybridized carbons (Fsp3) is 0.235. The number of carbonyl (C=O) groups excluding carboxylic acids is 1. The molecule has 0 radical (unpaired) electrons. The van der Waals surface area contributed by atoms with Crippen molar-refractivity contribution in [1.82, 2.24) is 0 Å². The Balaban J connectivity index is 1.76. The smallest absolute Gasteiger partial charge is 0.340 e. The van der Waals surface area contributed by atoms with E-state index in [0.29, 0.717) is 5.56 Å².